The number of carboxylic acids is 1. The second-order valence-corrected chi connectivity index (χ2v) is 7.83. The van der Waals surface area contributed by atoms with E-state index in [1.54, 1.807) is 30.6 Å². The Bertz CT molecular complexity index is 997. The van der Waals surface area contributed by atoms with Crippen molar-refractivity contribution >= 4 is 38.6 Å². The number of anilines is 1. The quantitative estimate of drug-likeness (QED) is 0.689. The molecule has 8 heteroatoms. The summed E-state index contributed by atoms with van der Waals surface area (Å²) in [5.74, 6) is -0.852. The Balaban J connectivity index is 1.35. The minimum atomic E-state index is -0.935. The molecule has 0 radical (unpaired) electrons. The SMILES string of the molecule is O=C(O)c1ccc2nc(N3CCC(C(=O)NCc4cccnc4)CC3)sc2c1. The molecule has 2 N–H and O–H groups in total. The van der Waals surface area contributed by atoms with Gasteiger partial charge in [0, 0.05) is 37.9 Å². The summed E-state index contributed by atoms with van der Waals surface area (Å²) in [5, 5.41) is 13.0. The molecule has 0 saturated carbocycles. The van der Waals surface area contributed by atoms with Crippen LogP contribution in [0.5, 0.6) is 0 Å². The Hall–Kier alpha value is -3.00. The monoisotopic (exact) mass is 396 g/mol. The van der Waals surface area contributed by atoms with Gasteiger partial charge in [0.05, 0.1) is 15.8 Å². The highest BCUT2D eigenvalue weighted by atomic mass is 32.1. The number of hydrogen-bond donors (Lipinski definition) is 2. The van der Waals surface area contributed by atoms with E-state index in [1.165, 1.54) is 11.3 Å². The van der Waals surface area contributed by atoms with Crippen molar-refractivity contribution in [3.05, 3.63) is 53.9 Å². The fourth-order valence-corrected chi connectivity index (χ4v) is 4.41. The molecule has 1 saturated heterocycles. The van der Waals surface area contributed by atoms with Gasteiger partial charge in [-0.05, 0) is 42.7 Å². The number of nitrogens with one attached hydrogen (secondary N) is 1. The Morgan fingerprint density at radius 3 is 2.79 bits per heavy atom. The predicted octanol–water partition coefficient (Wildman–Crippen LogP) is 2.92. The van der Waals surface area contributed by atoms with E-state index in [2.05, 4.69) is 20.2 Å². The van der Waals surface area contributed by atoms with Gasteiger partial charge in [-0.1, -0.05) is 17.4 Å². The Morgan fingerprint density at radius 2 is 2.07 bits per heavy atom. The number of thiazole rings is 1. The molecule has 4 rings (SSSR count). The van der Waals surface area contributed by atoms with E-state index >= 15 is 0 Å². The van der Waals surface area contributed by atoms with Crippen LogP contribution in [0.4, 0.5) is 5.13 Å². The number of carbonyl (C=O) groups is 2. The summed E-state index contributed by atoms with van der Waals surface area (Å²) >= 11 is 1.50. The van der Waals surface area contributed by atoms with Crippen molar-refractivity contribution in [1.82, 2.24) is 15.3 Å². The van der Waals surface area contributed by atoms with Crippen LogP contribution in [0.25, 0.3) is 10.2 Å². The standard InChI is InChI=1S/C20H20N4O3S/c25-18(22-12-13-2-1-7-21-11-13)14-5-8-24(9-6-14)20-23-16-4-3-15(19(26)27)10-17(16)28-20/h1-4,7,10-11,14H,5-6,8-9,12H2,(H,22,25)(H,26,27). The molecule has 3 heterocycles. The molecular weight excluding hydrogens is 376 g/mol. The molecule has 7 nitrogen and oxygen atoms in total. The number of piperidine rings is 1. The van der Waals surface area contributed by atoms with Crippen LogP contribution in [0.3, 0.4) is 0 Å². The lowest BCUT2D eigenvalue weighted by Gasteiger charge is -2.31. The Kier molecular flexibility index (Phi) is 5.21. The number of aromatic nitrogens is 2. The summed E-state index contributed by atoms with van der Waals surface area (Å²) in [6.45, 7) is 2.02. The van der Waals surface area contributed by atoms with Gasteiger partial charge >= 0.3 is 5.97 Å². The lowest BCUT2D eigenvalue weighted by atomic mass is 9.96. The number of carboxylic acid groups (broad SMARTS) is 1. The summed E-state index contributed by atoms with van der Waals surface area (Å²) < 4.78 is 0.867. The molecular formula is C20H20N4O3S. The van der Waals surface area contributed by atoms with Crippen LogP contribution in [0, 0.1) is 5.92 Å². The normalized spacial score (nSPS) is 14.9. The number of pyridine rings is 1. The molecule has 1 aromatic carbocycles. The number of aromatic carboxylic acids is 1. The molecule has 144 valence electrons. The summed E-state index contributed by atoms with van der Waals surface area (Å²) in [6, 6.07) is 8.79. The maximum Gasteiger partial charge on any atom is 0.335 e. The zero-order chi connectivity index (χ0) is 19.5. The van der Waals surface area contributed by atoms with Gasteiger partial charge in [-0.3, -0.25) is 9.78 Å². The molecule has 1 amide bonds. The molecule has 3 aromatic rings. The van der Waals surface area contributed by atoms with E-state index in [0.29, 0.717) is 6.54 Å². The zero-order valence-electron chi connectivity index (χ0n) is 15.2. The number of nitrogens with zero attached hydrogens (tertiary/aromatic N) is 3. The van der Waals surface area contributed by atoms with E-state index in [1.807, 2.05) is 12.1 Å². The first kappa shape index (κ1) is 18.4. The second-order valence-electron chi connectivity index (χ2n) is 6.82. The third-order valence-electron chi connectivity index (χ3n) is 4.95. The number of carbonyl (C=O) groups excluding carboxylic acids is 1. The van der Waals surface area contributed by atoms with Crippen LogP contribution < -0.4 is 10.2 Å². The topological polar surface area (TPSA) is 95.4 Å². The largest absolute Gasteiger partial charge is 0.478 e. The van der Waals surface area contributed by atoms with Crippen LogP contribution in [0.1, 0.15) is 28.8 Å². The third kappa shape index (κ3) is 3.96. The van der Waals surface area contributed by atoms with E-state index in [0.717, 1.165) is 46.8 Å². The van der Waals surface area contributed by atoms with Gasteiger partial charge in [-0.2, -0.15) is 0 Å². The van der Waals surface area contributed by atoms with Gasteiger partial charge in [-0.15, -0.1) is 0 Å². The maximum atomic E-state index is 12.4. The second kappa shape index (κ2) is 7.93. The molecule has 0 aliphatic carbocycles. The maximum absolute atomic E-state index is 12.4. The average molecular weight is 396 g/mol. The smallest absolute Gasteiger partial charge is 0.335 e. The number of benzene rings is 1. The van der Waals surface area contributed by atoms with E-state index in [4.69, 9.17) is 5.11 Å². The molecule has 28 heavy (non-hydrogen) atoms. The van der Waals surface area contributed by atoms with Crippen molar-refractivity contribution in [3.63, 3.8) is 0 Å². The minimum absolute atomic E-state index is 0.000845. The molecule has 1 fully saturated rings. The molecule has 0 bridgehead atoms. The highest BCUT2D eigenvalue weighted by molar-refractivity contribution is 7.22. The van der Waals surface area contributed by atoms with Crippen LogP contribution in [-0.2, 0) is 11.3 Å². The number of hydrogen-bond acceptors (Lipinski definition) is 6. The molecule has 1 aliphatic rings. The fourth-order valence-electron chi connectivity index (χ4n) is 3.35. The lowest BCUT2D eigenvalue weighted by Crippen LogP contribution is -2.40. The number of fused-ring (bicyclic) bond motifs is 1. The van der Waals surface area contributed by atoms with Gasteiger partial charge in [0.25, 0.3) is 0 Å². The first-order valence-corrected chi connectivity index (χ1v) is 9.97. The van der Waals surface area contributed by atoms with Crippen molar-refractivity contribution in [2.75, 3.05) is 18.0 Å². The summed E-state index contributed by atoms with van der Waals surface area (Å²) in [4.78, 5) is 34.4. The van der Waals surface area contributed by atoms with Gasteiger partial charge in [0.2, 0.25) is 5.91 Å². The van der Waals surface area contributed by atoms with Gasteiger partial charge in [-0.25, -0.2) is 9.78 Å². The van der Waals surface area contributed by atoms with Crippen molar-refractivity contribution in [2.45, 2.75) is 19.4 Å². The summed E-state index contributed by atoms with van der Waals surface area (Å²) in [7, 11) is 0. The minimum Gasteiger partial charge on any atom is -0.478 e. The van der Waals surface area contributed by atoms with Crippen molar-refractivity contribution in [2.24, 2.45) is 5.92 Å². The Labute approximate surface area is 166 Å². The number of rotatable bonds is 5. The zero-order valence-corrected chi connectivity index (χ0v) is 16.0. The lowest BCUT2D eigenvalue weighted by molar-refractivity contribution is -0.125. The van der Waals surface area contributed by atoms with Crippen LogP contribution >= 0.6 is 11.3 Å². The van der Waals surface area contributed by atoms with Crippen LogP contribution in [0.2, 0.25) is 0 Å². The molecule has 0 atom stereocenters. The van der Waals surface area contributed by atoms with Crippen molar-refractivity contribution < 1.29 is 14.7 Å². The van der Waals surface area contributed by atoms with E-state index < -0.39 is 5.97 Å². The van der Waals surface area contributed by atoms with E-state index in [-0.39, 0.29) is 17.4 Å². The van der Waals surface area contributed by atoms with Crippen molar-refractivity contribution in [1.29, 1.82) is 0 Å². The molecule has 2 aromatic heterocycles. The molecule has 1 aliphatic heterocycles. The number of amides is 1. The summed E-state index contributed by atoms with van der Waals surface area (Å²) in [6.07, 6.45) is 5.02. The molecule has 0 spiro atoms. The first-order chi connectivity index (χ1) is 13.6. The highest BCUT2D eigenvalue weighted by Crippen LogP contribution is 2.32. The first-order valence-electron chi connectivity index (χ1n) is 9.15. The van der Waals surface area contributed by atoms with Crippen molar-refractivity contribution in [3.8, 4) is 0 Å². The Morgan fingerprint density at radius 1 is 1.25 bits per heavy atom. The third-order valence-corrected chi connectivity index (χ3v) is 6.03. The molecule has 0 unspecified atom stereocenters. The van der Waals surface area contributed by atoms with Gasteiger partial charge < -0.3 is 15.3 Å². The predicted molar refractivity (Wildman–Crippen MR) is 108 cm³/mol. The fraction of sp³-hybridized carbons (Fsp3) is 0.300. The highest BCUT2D eigenvalue weighted by Gasteiger charge is 2.26. The van der Waals surface area contributed by atoms with Crippen LogP contribution in [0.15, 0.2) is 42.7 Å². The average Bonchev–Trinajstić information content (AvgIpc) is 3.16. The van der Waals surface area contributed by atoms with Gasteiger partial charge in [0.15, 0.2) is 5.13 Å². The van der Waals surface area contributed by atoms with Gasteiger partial charge in [0.1, 0.15) is 0 Å². The van der Waals surface area contributed by atoms with Crippen LogP contribution in [-0.4, -0.2) is 40.0 Å². The summed E-state index contributed by atoms with van der Waals surface area (Å²) in [5.41, 5.74) is 2.07. The van der Waals surface area contributed by atoms with E-state index in [9.17, 15) is 9.59 Å².